The molecule has 170 valence electrons. The van der Waals surface area contributed by atoms with E-state index >= 15 is 0 Å². The van der Waals surface area contributed by atoms with Crippen LogP contribution in [0.3, 0.4) is 0 Å². The van der Waals surface area contributed by atoms with E-state index in [4.69, 9.17) is 14.5 Å². The van der Waals surface area contributed by atoms with Gasteiger partial charge in [-0.2, -0.15) is 0 Å². The number of sulfone groups is 1. The summed E-state index contributed by atoms with van der Waals surface area (Å²) in [4.78, 5) is 7.23. The summed E-state index contributed by atoms with van der Waals surface area (Å²) in [5.74, 6) is 0.893. The minimum absolute atomic E-state index is 0.228. The van der Waals surface area contributed by atoms with E-state index in [0.717, 1.165) is 22.8 Å². The fraction of sp³-hybridized carbons (Fsp3) is 0.375. The Bertz CT molecular complexity index is 1160. The summed E-state index contributed by atoms with van der Waals surface area (Å²) in [6, 6.07) is 13.4. The van der Waals surface area contributed by atoms with Gasteiger partial charge in [-0.3, -0.25) is 0 Å². The van der Waals surface area contributed by atoms with Crippen molar-refractivity contribution in [2.75, 3.05) is 32.2 Å². The Balaban J connectivity index is 1.46. The van der Waals surface area contributed by atoms with E-state index in [-0.39, 0.29) is 4.90 Å². The average Bonchev–Trinajstić information content (AvgIpc) is 3.34. The average molecular weight is 473 g/mol. The monoisotopic (exact) mass is 472 g/mol. The molecule has 1 fully saturated rings. The molecule has 0 amide bonds. The molecule has 0 aliphatic carbocycles. The number of aromatic nitrogens is 1. The fourth-order valence-corrected chi connectivity index (χ4v) is 6.76. The highest BCUT2D eigenvalue weighted by molar-refractivity contribution is 7.92. The maximum absolute atomic E-state index is 13.3. The Kier molecular flexibility index (Phi) is 6.71. The van der Waals surface area contributed by atoms with Crippen LogP contribution in [0.4, 0.5) is 5.13 Å². The van der Waals surface area contributed by atoms with E-state index in [9.17, 15) is 8.42 Å². The van der Waals surface area contributed by atoms with Crippen molar-refractivity contribution >= 4 is 26.3 Å². The standard InChI is InChI=1S/C24H28N2O4S2/c1-4-17-5-7-18(8-6-17)21-16-31-24(25-21)26-13-11-20(12-14-26)32(27,28)23-10-9-19(29-2)15-22(23)30-3/h5-10,15-16,20H,4,11-14H2,1-3H3. The van der Waals surface area contributed by atoms with Crippen LogP contribution < -0.4 is 14.4 Å². The summed E-state index contributed by atoms with van der Waals surface area (Å²) in [5.41, 5.74) is 3.38. The molecule has 0 atom stereocenters. The smallest absolute Gasteiger partial charge is 0.185 e. The van der Waals surface area contributed by atoms with Crippen molar-refractivity contribution in [1.82, 2.24) is 4.98 Å². The molecule has 1 aliphatic rings. The molecule has 1 aliphatic heterocycles. The maximum atomic E-state index is 13.3. The lowest BCUT2D eigenvalue weighted by Crippen LogP contribution is -2.39. The Labute approximate surface area is 193 Å². The predicted molar refractivity (Wildman–Crippen MR) is 129 cm³/mol. The van der Waals surface area contributed by atoms with Crippen LogP contribution in [0.25, 0.3) is 11.3 Å². The number of piperidine rings is 1. The van der Waals surface area contributed by atoms with Crippen molar-refractivity contribution in [3.63, 3.8) is 0 Å². The molecule has 0 radical (unpaired) electrons. The number of hydrogen-bond donors (Lipinski definition) is 0. The Morgan fingerprint density at radius 3 is 2.41 bits per heavy atom. The first-order valence-electron chi connectivity index (χ1n) is 10.7. The van der Waals surface area contributed by atoms with E-state index in [1.165, 1.54) is 12.7 Å². The van der Waals surface area contributed by atoms with Gasteiger partial charge in [-0.05, 0) is 37.0 Å². The number of anilines is 1. The summed E-state index contributed by atoms with van der Waals surface area (Å²) in [6.45, 7) is 3.46. The molecule has 0 bridgehead atoms. The molecule has 4 rings (SSSR count). The van der Waals surface area contributed by atoms with E-state index in [2.05, 4.69) is 41.5 Å². The van der Waals surface area contributed by atoms with Gasteiger partial charge in [0, 0.05) is 30.1 Å². The van der Waals surface area contributed by atoms with Crippen molar-refractivity contribution in [2.45, 2.75) is 36.3 Å². The quantitative estimate of drug-likeness (QED) is 0.491. The number of nitrogens with zero attached hydrogens (tertiary/aromatic N) is 2. The highest BCUT2D eigenvalue weighted by Crippen LogP contribution is 2.35. The molecule has 3 aromatic rings. The Morgan fingerprint density at radius 2 is 1.78 bits per heavy atom. The van der Waals surface area contributed by atoms with Crippen LogP contribution in [0.15, 0.2) is 52.7 Å². The summed E-state index contributed by atoms with van der Waals surface area (Å²) < 4.78 is 37.1. The van der Waals surface area contributed by atoms with Crippen LogP contribution in [0.5, 0.6) is 11.5 Å². The third kappa shape index (κ3) is 4.47. The van der Waals surface area contributed by atoms with E-state index in [0.29, 0.717) is 37.4 Å². The first-order valence-corrected chi connectivity index (χ1v) is 13.1. The van der Waals surface area contributed by atoms with Gasteiger partial charge in [0.1, 0.15) is 16.4 Å². The Hall–Kier alpha value is -2.58. The lowest BCUT2D eigenvalue weighted by molar-refractivity contribution is 0.385. The van der Waals surface area contributed by atoms with Crippen LogP contribution >= 0.6 is 11.3 Å². The minimum atomic E-state index is -3.50. The van der Waals surface area contributed by atoms with Crippen LogP contribution in [0.2, 0.25) is 0 Å². The molecule has 0 spiro atoms. The highest BCUT2D eigenvalue weighted by Gasteiger charge is 2.34. The van der Waals surface area contributed by atoms with Gasteiger partial charge in [0.2, 0.25) is 0 Å². The van der Waals surface area contributed by atoms with Crippen molar-refractivity contribution in [3.8, 4) is 22.8 Å². The number of aryl methyl sites for hydroxylation is 1. The second kappa shape index (κ2) is 9.50. The van der Waals surface area contributed by atoms with Crippen molar-refractivity contribution < 1.29 is 17.9 Å². The van der Waals surface area contributed by atoms with Crippen LogP contribution in [0, 0.1) is 0 Å². The van der Waals surface area contributed by atoms with Gasteiger partial charge >= 0.3 is 0 Å². The summed E-state index contributed by atoms with van der Waals surface area (Å²) in [7, 11) is -0.481. The van der Waals surface area contributed by atoms with Gasteiger partial charge in [-0.25, -0.2) is 13.4 Å². The number of thiazole rings is 1. The summed E-state index contributed by atoms with van der Waals surface area (Å²) in [5, 5.41) is 2.57. The number of benzene rings is 2. The molecule has 2 aromatic carbocycles. The van der Waals surface area contributed by atoms with Crippen LogP contribution in [-0.2, 0) is 16.3 Å². The third-order valence-electron chi connectivity index (χ3n) is 5.98. The van der Waals surface area contributed by atoms with Gasteiger partial charge in [-0.1, -0.05) is 31.2 Å². The third-order valence-corrected chi connectivity index (χ3v) is 9.18. The first kappa shape index (κ1) is 22.6. The molecular formula is C24H28N2O4S2. The first-order chi connectivity index (χ1) is 15.5. The van der Waals surface area contributed by atoms with Crippen LogP contribution in [-0.4, -0.2) is 46.0 Å². The van der Waals surface area contributed by atoms with E-state index in [1.54, 1.807) is 36.6 Å². The molecule has 32 heavy (non-hydrogen) atoms. The zero-order valence-electron chi connectivity index (χ0n) is 18.6. The van der Waals surface area contributed by atoms with Crippen molar-refractivity contribution in [1.29, 1.82) is 0 Å². The van der Waals surface area contributed by atoms with Crippen molar-refractivity contribution in [2.24, 2.45) is 0 Å². The second-order valence-corrected chi connectivity index (χ2v) is 10.8. The molecule has 1 saturated heterocycles. The zero-order chi connectivity index (χ0) is 22.7. The van der Waals surface area contributed by atoms with E-state index in [1.807, 2.05) is 0 Å². The molecule has 1 aromatic heterocycles. The number of methoxy groups -OCH3 is 2. The molecule has 6 nitrogen and oxygen atoms in total. The van der Waals surface area contributed by atoms with Crippen molar-refractivity contribution in [3.05, 3.63) is 53.4 Å². The van der Waals surface area contributed by atoms with Crippen LogP contribution in [0.1, 0.15) is 25.3 Å². The second-order valence-electron chi connectivity index (χ2n) is 7.81. The molecule has 0 saturated carbocycles. The summed E-state index contributed by atoms with van der Waals surface area (Å²) >= 11 is 1.61. The maximum Gasteiger partial charge on any atom is 0.185 e. The van der Waals surface area contributed by atoms with Gasteiger partial charge in [0.05, 0.1) is 25.2 Å². The zero-order valence-corrected chi connectivity index (χ0v) is 20.2. The van der Waals surface area contributed by atoms with Gasteiger partial charge < -0.3 is 14.4 Å². The molecular weight excluding hydrogens is 444 g/mol. The topological polar surface area (TPSA) is 68.7 Å². The molecule has 0 N–H and O–H groups in total. The minimum Gasteiger partial charge on any atom is -0.497 e. The van der Waals surface area contributed by atoms with Gasteiger partial charge in [-0.15, -0.1) is 11.3 Å². The molecule has 8 heteroatoms. The number of hydrogen-bond acceptors (Lipinski definition) is 7. The lowest BCUT2D eigenvalue weighted by Gasteiger charge is -2.31. The van der Waals surface area contributed by atoms with E-state index < -0.39 is 15.1 Å². The number of ether oxygens (including phenoxy) is 2. The molecule has 2 heterocycles. The van der Waals surface area contributed by atoms with Gasteiger partial charge in [0.25, 0.3) is 0 Å². The van der Waals surface area contributed by atoms with Gasteiger partial charge in [0.15, 0.2) is 15.0 Å². The highest BCUT2D eigenvalue weighted by atomic mass is 32.2. The Morgan fingerprint density at radius 1 is 1.06 bits per heavy atom. The lowest BCUT2D eigenvalue weighted by atomic mass is 10.1. The normalized spacial score (nSPS) is 15.0. The fourth-order valence-electron chi connectivity index (χ4n) is 4.00. The summed E-state index contributed by atoms with van der Waals surface area (Å²) in [6.07, 6.45) is 2.12. The number of rotatable bonds is 7. The predicted octanol–water partition coefficient (Wildman–Crippen LogP) is 4.83. The SMILES string of the molecule is CCc1ccc(-c2csc(N3CCC(S(=O)(=O)c4ccc(OC)cc4OC)CC3)n2)cc1. The molecule has 0 unspecified atom stereocenters. The largest absolute Gasteiger partial charge is 0.497 e.